The predicted molar refractivity (Wildman–Crippen MR) is 110 cm³/mol. The second-order valence-electron chi connectivity index (χ2n) is 10.7. The van der Waals surface area contributed by atoms with E-state index in [0.717, 1.165) is 44.3 Å². The summed E-state index contributed by atoms with van der Waals surface area (Å²) in [7, 11) is 1.93. The van der Waals surface area contributed by atoms with Crippen LogP contribution in [-0.2, 0) is 15.0 Å². The topological polar surface area (TPSA) is 93.1 Å². The monoisotopic (exact) mass is 411 g/mol. The fourth-order valence-corrected chi connectivity index (χ4v) is 8.13. The van der Waals surface area contributed by atoms with Crippen LogP contribution in [0.2, 0.25) is 0 Å². The Bertz CT molecular complexity index is 1020. The second kappa shape index (κ2) is 5.13. The molecule has 3 spiro atoms. The number of rotatable bonds is 0. The molecule has 4 saturated heterocycles. The third-order valence-corrected chi connectivity index (χ3v) is 9.68. The summed E-state index contributed by atoms with van der Waals surface area (Å²) in [6.45, 7) is 6.07. The van der Waals surface area contributed by atoms with Gasteiger partial charge in [-0.25, -0.2) is 0 Å². The molecule has 1 aliphatic carbocycles. The van der Waals surface area contributed by atoms with Gasteiger partial charge in [0.25, 0.3) is 0 Å². The number of amides is 2. The highest BCUT2D eigenvalue weighted by atomic mass is 16.3. The number of carbonyl (C=O) groups excluding carboxylic acids is 2. The van der Waals surface area contributed by atoms with Gasteiger partial charge in [0, 0.05) is 13.6 Å². The number of nitrogens with one attached hydrogen (secondary N) is 1. The number of likely N-dealkylation sites (N-methyl/N-ethyl adjacent to an activating group) is 1. The summed E-state index contributed by atoms with van der Waals surface area (Å²) in [5.41, 5.74) is -1.05. The number of hydrogen-bond acceptors (Lipinski definition) is 5. The van der Waals surface area contributed by atoms with Crippen LogP contribution in [0.5, 0.6) is 11.5 Å². The van der Waals surface area contributed by atoms with E-state index in [9.17, 15) is 19.8 Å². The molecule has 5 heterocycles. The Labute approximate surface area is 176 Å². The number of carbonyl (C=O) groups is 2. The second-order valence-corrected chi connectivity index (χ2v) is 10.7. The van der Waals surface area contributed by atoms with E-state index in [1.54, 1.807) is 6.07 Å². The Morgan fingerprint density at radius 1 is 1.17 bits per heavy atom. The molecule has 1 saturated carbocycles. The van der Waals surface area contributed by atoms with Gasteiger partial charge in [-0.15, -0.1) is 0 Å². The molecule has 5 fully saturated rings. The standard InChI is InChI=1S/C23H29N3O4/c1-20(2)15-10-21-8-4-5-9-26(21)12-22(15,25(3)19(21)30)11-23(20)13-6-7-14(27)17(28)16(13)24-18(23)29/h6-7,15,27-28H,4-5,8-12H2,1-3H3,(H,24,29)/t15-,21+,22-,23-/m1/s1. The van der Waals surface area contributed by atoms with Gasteiger partial charge in [0.1, 0.15) is 5.54 Å². The maximum absolute atomic E-state index is 13.6. The zero-order valence-corrected chi connectivity index (χ0v) is 17.8. The molecule has 2 bridgehead atoms. The minimum Gasteiger partial charge on any atom is -0.504 e. The van der Waals surface area contributed by atoms with Crippen LogP contribution < -0.4 is 5.32 Å². The van der Waals surface area contributed by atoms with Crippen molar-refractivity contribution in [2.75, 3.05) is 25.5 Å². The summed E-state index contributed by atoms with van der Waals surface area (Å²) in [6.07, 6.45) is 4.40. The lowest BCUT2D eigenvalue weighted by atomic mass is 9.56. The van der Waals surface area contributed by atoms with Crippen LogP contribution in [0.15, 0.2) is 12.1 Å². The average Bonchev–Trinajstić information content (AvgIpc) is 3.12. The highest BCUT2D eigenvalue weighted by molar-refractivity contribution is 6.09. The van der Waals surface area contributed by atoms with E-state index >= 15 is 0 Å². The van der Waals surface area contributed by atoms with Gasteiger partial charge in [0.05, 0.1) is 16.6 Å². The first-order valence-electron chi connectivity index (χ1n) is 11.0. The Morgan fingerprint density at radius 2 is 1.93 bits per heavy atom. The maximum Gasteiger partial charge on any atom is 0.243 e. The largest absolute Gasteiger partial charge is 0.504 e. The molecule has 0 unspecified atom stereocenters. The van der Waals surface area contributed by atoms with E-state index < -0.39 is 21.9 Å². The fraction of sp³-hybridized carbons (Fsp3) is 0.652. The van der Waals surface area contributed by atoms with Crippen LogP contribution in [-0.4, -0.2) is 63.0 Å². The van der Waals surface area contributed by atoms with Gasteiger partial charge in [0.15, 0.2) is 11.5 Å². The Kier molecular flexibility index (Phi) is 3.16. The highest BCUT2D eigenvalue weighted by Crippen LogP contribution is 2.72. The zero-order chi connectivity index (χ0) is 21.3. The van der Waals surface area contributed by atoms with Gasteiger partial charge in [-0.1, -0.05) is 19.9 Å². The molecule has 0 aromatic heterocycles. The molecule has 2 amide bonds. The van der Waals surface area contributed by atoms with E-state index in [-0.39, 0.29) is 29.2 Å². The molecule has 7 heteroatoms. The summed E-state index contributed by atoms with van der Waals surface area (Å²) >= 11 is 0. The number of anilines is 1. The SMILES string of the molecule is CN1C(=O)[C@@]23CCCCN2C[C@@]12C[C@@]1(C(=O)Nc4c1ccc(O)c4O)C(C)(C)[C@H]2C3. The van der Waals surface area contributed by atoms with Crippen LogP contribution in [0.25, 0.3) is 0 Å². The highest BCUT2D eigenvalue weighted by Gasteiger charge is 2.78. The van der Waals surface area contributed by atoms with Crippen molar-refractivity contribution in [1.82, 2.24) is 9.80 Å². The van der Waals surface area contributed by atoms with Gasteiger partial charge in [-0.05, 0) is 61.6 Å². The average molecular weight is 412 g/mol. The van der Waals surface area contributed by atoms with Crippen molar-refractivity contribution in [2.24, 2.45) is 11.3 Å². The molecule has 4 atom stereocenters. The minimum atomic E-state index is -0.854. The number of aromatic hydroxyl groups is 2. The first-order chi connectivity index (χ1) is 14.1. The predicted octanol–water partition coefficient (Wildman–Crippen LogP) is 2.17. The third kappa shape index (κ3) is 1.65. The molecule has 0 radical (unpaired) electrons. The smallest absolute Gasteiger partial charge is 0.243 e. The number of benzene rings is 1. The minimum absolute atomic E-state index is 0.132. The normalized spacial score (nSPS) is 41.0. The molecule has 1 aromatic carbocycles. The molecular formula is C23H29N3O4. The van der Waals surface area contributed by atoms with Crippen LogP contribution in [0.3, 0.4) is 0 Å². The molecule has 30 heavy (non-hydrogen) atoms. The van der Waals surface area contributed by atoms with Gasteiger partial charge in [0.2, 0.25) is 11.8 Å². The van der Waals surface area contributed by atoms with Crippen molar-refractivity contribution >= 4 is 17.5 Å². The Balaban J connectivity index is 1.58. The van der Waals surface area contributed by atoms with E-state index in [1.807, 2.05) is 11.9 Å². The number of phenols is 2. The Morgan fingerprint density at radius 3 is 2.70 bits per heavy atom. The lowest BCUT2D eigenvalue weighted by Gasteiger charge is -2.67. The fourth-order valence-electron chi connectivity index (χ4n) is 8.13. The van der Waals surface area contributed by atoms with E-state index in [2.05, 4.69) is 24.1 Å². The number of piperazine rings is 1. The molecule has 5 aliphatic heterocycles. The molecular weight excluding hydrogens is 382 g/mol. The van der Waals surface area contributed by atoms with Crippen LogP contribution in [0.4, 0.5) is 5.69 Å². The first kappa shape index (κ1) is 18.5. The van der Waals surface area contributed by atoms with E-state index in [1.165, 1.54) is 6.07 Å². The lowest BCUT2D eigenvalue weighted by molar-refractivity contribution is -0.196. The Hall–Kier alpha value is -2.28. The molecule has 7 nitrogen and oxygen atoms in total. The van der Waals surface area contributed by atoms with Crippen LogP contribution in [0, 0.1) is 11.3 Å². The van der Waals surface area contributed by atoms with Gasteiger partial charge >= 0.3 is 0 Å². The van der Waals surface area contributed by atoms with E-state index in [4.69, 9.17) is 0 Å². The van der Waals surface area contributed by atoms with Gasteiger partial charge < -0.3 is 20.4 Å². The lowest BCUT2D eigenvalue weighted by Crippen LogP contribution is -2.80. The number of piperidine rings is 3. The van der Waals surface area contributed by atoms with Gasteiger partial charge in [-0.3, -0.25) is 14.5 Å². The van der Waals surface area contributed by atoms with Crippen molar-refractivity contribution in [2.45, 2.75) is 62.4 Å². The van der Waals surface area contributed by atoms with Crippen molar-refractivity contribution in [3.05, 3.63) is 17.7 Å². The van der Waals surface area contributed by atoms with Crippen molar-refractivity contribution in [3.8, 4) is 11.5 Å². The molecule has 6 aliphatic rings. The van der Waals surface area contributed by atoms with Crippen molar-refractivity contribution in [3.63, 3.8) is 0 Å². The molecule has 160 valence electrons. The summed E-state index contributed by atoms with van der Waals surface area (Å²) in [6, 6.07) is 3.25. The van der Waals surface area contributed by atoms with Crippen LogP contribution in [0.1, 0.15) is 51.5 Å². The quantitative estimate of drug-likeness (QED) is 0.569. The van der Waals surface area contributed by atoms with E-state index in [0.29, 0.717) is 12.1 Å². The first-order valence-corrected chi connectivity index (χ1v) is 11.0. The molecule has 3 N–H and O–H groups in total. The maximum atomic E-state index is 13.6. The van der Waals surface area contributed by atoms with Crippen molar-refractivity contribution < 1.29 is 19.8 Å². The third-order valence-electron chi connectivity index (χ3n) is 9.68. The number of phenolic OH excluding ortho intramolecular Hbond substituents is 2. The van der Waals surface area contributed by atoms with Gasteiger partial charge in [-0.2, -0.15) is 0 Å². The number of nitrogens with zero attached hydrogens (tertiary/aromatic N) is 2. The van der Waals surface area contributed by atoms with Crippen LogP contribution >= 0.6 is 0 Å². The zero-order valence-electron chi connectivity index (χ0n) is 17.8. The van der Waals surface area contributed by atoms with Crippen molar-refractivity contribution in [1.29, 1.82) is 0 Å². The summed E-state index contributed by atoms with van der Waals surface area (Å²) < 4.78 is 0. The molecule has 7 rings (SSSR count). The number of hydrogen-bond donors (Lipinski definition) is 3. The summed E-state index contributed by atoms with van der Waals surface area (Å²) in [5.74, 6) is -0.251. The number of fused-ring (bicyclic) bond motifs is 3. The summed E-state index contributed by atoms with van der Waals surface area (Å²) in [5, 5.41) is 23.3. The molecule has 1 aromatic rings. The summed E-state index contributed by atoms with van der Waals surface area (Å²) in [4.78, 5) is 31.6.